The van der Waals surface area contributed by atoms with E-state index in [4.69, 9.17) is 9.72 Å². The number of carbonyl (C=O) groups excluding carboxylic acids is 2. The zero-order valence-electron chi connectivity index (χ0n) is 19.2. The summed E-state index contributed by atoms with van der Waals surface area (Å²) < 4.78 is 8.01. The van der Waals surface area contributed by atoms with Gasteiger partial charge in [0.05, 0.1) is 23.4 Å². The van der Waals surface area contributed by atoms with Crippen LogP contribution in [-0.4, -0.2) is 44.8 Å². The Bertz CT molecular complexity index is 1340. The predicted octanol–water partition coefficient (Wildman–Crippen LogP) is 5.57. The molecule has 0 atom stereocenters. The van der Waals surface area contributed by atoms with Crippen LogP contribution >= 0.6 is 22.7 Å². The first-order valence-corrected chi connectivity index (χ1v) is 12.9. The summed E-state index contributed by atoms with van der Waals surface area (Å²) in [6.45, 7) is 7.15. The second-order valence-corrected chi connectivity index (χ2v) is 10.4. The number of hydrogen-bond acceptors (Lipinski definition) is 7. The number of para-hydroxylation sites is 1. The summed E-state index contributed by atoms with van der Waals surface area (Å²) in [5, 5.41) is 9.04. The van der Waals surface area contributed by atoms with Gasteiger partial charge in [-0.3, -0.25) is 9.48 Å². The lowest BCUT2D eigenvalue weighted by Crippen LogP contribution is -2.35. The minimum Gasteiger partial charge on any atom is -0.450 e. The molecule has 1 aliphatic rings. The van der Waals surface area contributed by atoms with E-state index in [1.807, 2.05) is 32.0 Å². The van der Waals surface area contributed by atoms with Crippen LogP contribution in [0.25, 0.3) is 20.8 Å². The molecule has 4 aromatic rings. The molecular formula is C24H25N5O3S2. The van der Waals surface area contributed by atoms with Crippen molar-refractivity contribution in [3.63, 3.8) is 0 Å². The molecule has 1 aromatic carbocycles. The molecule has 2 amide bonds. The Kier molecular flexibility index (Phi) is 6.09. The Labute approximate surface area is 205 Å². The lowest BCUT2D eigenvalue weighted by atomic mass is 10.0. The van der Waals surface area contributed by atoms with Crippen LogP contribution in [0.2, 0.25) is 0 Å². The first-order valence-electron chi connectivity index (χ1n) is 11.2. The van der Waals surface area contributed by atoms with E-state index in [2.05, 4.69) is 16.5 Å². The van der Waals surface area contributed by atoms with Crippen molar-refractivity contribution in [2.75, 3.05) is 18.5 Å². The number of nitrogens with one attached hydrogen (secondary N) is 1. The number of aromatic nitrogens is 3. The highest BCUT2D eigenvalue weighted by Crippen LogP contribution is 2.45. The van der Waals surface area contributed by atoms with E-state index >= 15 is 0 Å². The maximum absolute atomic E-state index is 13.3. The number of thiazole rings is 1. The summed E-state index contributed by atoms with van der Waals surface area (Å²) in [6.07, 6.45) is 2.00. The second-order valence-electron chi connectivity index (χ2n) is 8.27. The van der Waals surface area contributed by atoms with E-state index in [1.54, 1.807) is 40.1 Å². The van der Waals surface area contributed by atoms with E-state index in [9.17, 15) is 9.59 Å². The van der Waals surface area contributed by atoms with Crippen LogP contribution in [0, 0.1) is 0 Å². The van der Waals surface area contributed by atoms with Crippen molar-refractivity contribution in [3.05, 3.63) is 52.7 Å². The fourth-order valence-corrected chi connectivity index (χ4v) is 6.51. The molecule has 0 spiro atoms. The number of carbonyl (C=O) groups is 2. The molecule has 5 rings (SSSR count). The molecule has 0 saturated heterocycles. The quantitative estimate of drug-likeness (QED) is 0.391. The fourth-order valence-electron chi connectivity index (χ4n) is 4.14. The van der Waals surface area contributed by atoms with Crippen molar-refractivity contribution in [2.45, 2.75) is 39.8 Å². The normalized spacial score (nSPS) is 13.4. The average Bonchev–Trinajstić information content (AvgIpc) is 3.54. The van der Waals surface area contributed by atoms with Gasteiger partial charge in [-0.15, -0.1) is 22.7 Å². The smallest absolute Gasteiger partial charge is 0.410 e. The van der Waals surface area contributed by atoms with Crippen molar-refractivity contribution in [1.82, 2.24) is 19.7 Å². The van der Waals surface area contributed by atoms with Crippen molar-refractivity contribution in [1.29, 1.82) is 0 Å². The predicted molar refractivity (Wildman–Crippen MR) is 135 cm³/mol. The average molecular weight is 496 g/mol. The number of anilines is 1. The Balaban J connectivity index is 1.56. The SMILES string of the molecule is CCOC(=O)N1CCc2c(sc(NC(=O)c3ccnn3C(C)C)c2-c2nc3ccccc3s2)C1. The molecule has 0 aliphatic carbocycles. The van der Waals surface area contributed by atoms with Crippen LogP contribution in [0.1, 0.15) is 47.7 Å². The van der Waals surface area contributed by atoms with E-state index in [0.29, 0.717) is 31.8 Å². The molecule has 0 radical (unpaired) electrons. The number of hydrogen-bond donors (Lipinski definition) is 1. The van der Waals surface area contributed by atoms with Crippen LogP contribution in [0.3, 0.4) is 0 Å². The van der Waals surface area contributed by atoms with Crippen molar-refractivity contribution >= 4 is 49.9 Å². The lowest BCUT2D eigenvalue weighted by Gasteiger charge is -2.26. The van der Waals surface area contributed by atoms with Crippen LogP contribution in [-0.2, 0) is 17.7 Å². The molecule has 3 aromatic heterocycles. The molecule has 1 N–H and O–H groups in total. The Morgan fingerprint density at radius 3 is 2.79 bits per heavy atom. The zero-order chi connectivity index (χ0) is 23.8. The maximum Gasteiger partial charge on any atom is 0.410 e. The maximum atomic E-state index is 13.3. The molecule has 4 heterocycles. The zero-order valence-corrected chi connectivity index (χ0v) is 20.8. The number of fused-ring (bicyclic) bond motifs is 2. The summed E-state index contributed by atoms with van der Waals surface area (Å²) in [4.78, 5) is 33.2. The van der Waals surface area contributed by atoms with Gasteiger partial charge in [0.2, 0.25) is 0 Å². The number of amides is 2. The fraction of sp³-hybridized carbons (Fsp3) is 0.333. The summed E-state index contributed by atoms with van der Waals surface area (Å²) >= 11 is 3.11. The van der Waals surface area contributed by atoms with Crippen molar-refractivity contribution in [3.8, 4) is 10.6 Å². The van der Waals surface area contributed by atoms with Gasteiger partial charge in [-0.25, -0.2) is 9.78 Å². The molecule has 176 valence electrons. The lowest BCUT2D eigenvalue weighted by molar-refractivity contribution is 0.101. The molecule has 0 fully saturated rings. The van der Waals surface area contributed by atoms with Gasteiger partial charge in [0.15, 0.2) is 0 Å². The van der Waals surface area contributed by atoms with Gasteiger partial charge in [0.1, 0.15) is 15.7 Å². The van der Waals surface area contributed by atoms with Gasteiger partial charge in [-0.05, 0) is 51.0 Å². The number of nitrogens with zero attached hydrogens (tertiary/aromatic N) is 4. The minimum absolute atomic E-state index is 0.0640. The van der Waals surface area contributed by atoms with E-state index in [-0.39, 0.29) is 18.0 Å². The Morgan fingerprint density at radius 2 is 2.03 bits per heavy atom. The van der Waals surface area contributed by atoms with Gasteiger partial charge in [0.25, 0.3) is 5.91 Å². The third-order valence-corrected chi connectivity index (χ3v) is 7.90. The molecule has 0 bridgehead atoms. The van der Waals surface area contributed by atoms with Crippen LogP contribution in [0.4, 0.5) is 9.80 Å². The molecular weight excluding hydrogens is 470 g/mol. The number of ether oxygens (including phenoxy) is 1. The standard InChI is InChI=1S/C24H25N5O3S2/c1-4-32-24(31)28-12-10-15-19(13-28)34-23(27-21(30)17-9-11-25-29(17)14(2)3)20(15)22-26-16-7-5-6-8-18(16)33-22/h5-9,11,14H,4,10,12-13H2,1-3H3,(H,27,30). The summed E-state index contributed by atoms with van der Waals surface area (Å²) in [6, 6.07) is 9.81. The van der Waals surface area contributed by atoms with Crippen LogP contribution in [0.15, 0.2) is 36.5 Å². The van der Waals surface area contributed by atoms with Gasteiger partial charge in [-0.2, -0.15) is 5.10 Å². The molecule has 8 nitrogen and oxygen atoms in total. The molecule has 10 heteroatoms. The van der Waals surface area contributed by atoms with Crippen molar-refractivity contribution < 1.29 is 14.3 Å². The summed E-state index contributed by atoms with van der Waals surface area (Å²) in [5.74, 6) is -0.214. The second kappa shape index (κ2) is 9.19. The highest BCUT2D eigenvalue weighted by atomic mass is 32.1. The Hall–Kier alpha value is -3.24. The minimum atomic E-state index is -0.311. The third-order valence-electron chi connectivity index (χ3n) is 5.71. The number of thiophene rings is 1. The first kappa shape index (κ1) is 22.5. The summed E-state index contributed by atoms with van der Waals surface area (Å²) in [7, 11) is 0. The van der Waals surface area contributed by atoms with E-state index in [1.165, 1.54) is 11.3 Å². The summed E-state index contributed by atoms with van der Waals surface area (Å²) in [5.41, 5.74) is 3.53. The first-order chi connectivity index (χ1) is 16.5. The molecule has 1 aliphatic heterocycles. The van der Waals surface area contributed by atoms with Gasteiger partial charge < -0.3 is 15.0 Å². The van der Waals surface area contributed by atoms with Gasteiger partial charge in [-0.1, -0.05) is 12.1 Å². The van der Waals surface area contributed by atoms with E-state index < -0.39 is 0 Å². The highest BCUT2D eigenvalue weighted by Gasteiger charge is 2.30. The van der Waals surface area contributed by atoms with Crippen LogP contribution < -0.4 is 5.32 Å². The molecule has 0 saturated carbocycles. The largest absolute Gasteiger partial charge is 0.450 e. The van der Waals surface area contributed by atoms with Gasteiger partial charge >= 0.3 is 6.09 Å². The van der Waals surface area contributed by atoms with Crippen LogP contribution in [0.5, 0.6) is 0 Å². The number of rotatable bonds is 5. The third kappa shape index (κ3) is 4.07. The van der Waals surface area contributed by atoms with Crippen molar-refractivity contribution in [2.24, 2.45) is 0 Å². The molecule has 0 unspecified atom stereocenters. The monoisotopic (exact) mass is 495 g/mol. The van der Waals surface area contributed by atoms with Gasteiger partial charge in [0, 0.05) is 29.2 Å². The Morgan fingerprint density at radius 1 is 1.21 bits per heavy atom. The topological polar surface area (TPSA) is 89.4 Å². The highest BCUT2D eigenvalue weighted by molar-refractivity contribution is 7.23. The molecule has 34 heavy (non-hydrogen) atoms. The van der Waals surface area contributed by atoms with E-state index in [0.717, 1.165) is 36.2 Å². The number of benzene rings is 1.